The average Bonchev–Trinajstić information content (AvgIpc) is 2.69. The number of oxime groups is 1. The normalized spacial score (nSPS) is 24.0. The van der Waals surface area contributed by atoms with E-state index >= 15 is 0 Å². The summed E-state index contributed by atoms with van der Waals surface area (Å²) >= 11 is 2.80. The Morgan fingerprint density at radius 3 is 2.76 bits per heavy atom. The fourth-order valence-corrected chi connectivity index (χ4v) is 3.52. The first-order chi connectivity index (χ1) is 9.87. The van der Waals surface area contributed by atoms with Crippen molar-refractivity contribution in [3.63, 3.8) is 0 Å². The molecule has 2 aliphatic heterocycles. The Bertz CT molecular complexity index is 461. The van der Waals surface area contributed by atoms with Crippen LogP contribution in [-0.2, 0) is 9.57 Å². The molecule has 0 aromatic rings. The SMILES string of the molecule is CC1=NC(C)(C)SC1=NOC(=O)N(C)SN1CCOCC1. The molecule has 0 aliphatic carbocycles. The molecule has 7 nitrogen and oxygen atoms in total. The Kier molecular flexibility index (Phi) is 5.53. The van der Waals surface area contributed by atoms with Gasteiger partial charge in [-0.3, -0.25) is 9.83 Å². The number of ether oxygens (including phenoxy) is 1. The van der Waals surface area contributed by atoms with Crippen molar-refractivity contribution in [1.29, 1.82) is 0 Å². The highest BCUT2D eigenvalue weighted by Gasteiger charge is 2.30. The topological polar surface area (TPSA) is 66.7 Å². The molecular weight excluding hydrogens is 312 g/mol. The highest BCUT2D eigenvalue weighted by atomic mass is 32.2. The molecule has 1 saturated heterocycles. The maximum atomic E-state index is 11.9. The van der Waals surface area contributed by atoms with Crippen molar-refractivity contribution >= 4 is 40.7 Å². The van der Waals surface area contributed by atoms with Crippen LogP contribution in [0.3, 0.4) is 0 Å². The van der Waals surface area contributed by atoms with Crippen LogP contribution >= 0.6 is 23.9 Å². The summed E-state index contributed by atoms with van der Waals surface area (Å²) in [5.41, 5.74) is 0.793. The molecule has 1 fully saturated rings. The number of carbonyl (C=O) groups excluding carboxylic acids is 1. The summed E-state index contributed by atoms with van der Waals surface area (Å²) in [6.07, 6.45) is -0.503. The van der Waals surface area contributed by atoms with Gasteiger partial charge in [0.15, 0.2) is 5.04 Å². The van der Waals surface area contributed by atoms with Crippen LogP contribution in [0.5, 0.6) is 0 Å². The number of morpholine rings is 1. The fraction of sp³-hybridized carbons (Fsp3) is 0.750. The number of amides is 1. The van der Waals surface area contributed by atoms with E-state index in [2.05, 4.69) is 14.5 Å². The van der Waals surface area contributed by atoms with Crippen molar-refractivity contribution in [1.82, 2.24) is 8.61 Å². The number of hydrogen-bond donors (Lipinski definition) is 0. The summed E-state index contributed by atoms with van der Waals surface area (Å²) in [6, 6.07) is 0. The lowest BCUT2D eigenvalue weighted by atomic mass is 10.4. The van der Waals surface area contributed by atoms with Crippen LogP contribution < -0.4 is 0 Å². The van der Waals surface area contributed by atoms with Gasteiger partial charge in [0.25, 0.3) is 0 Å². The Hall–Kier alpha value is -0.770. The molecule has 0 atom stereocenters. The van der Waals surface area contributed by atoms with Crippen LogP contribution in [0.1, 0.15) is 20.8 Å². The summed E-state index contributed by atoms with van der Waals surface area (Å²) < 4.78 is 8.74. The van der Waals surface area contributed by atoms with E-state index in [0.717, 1.165) is 18.8 Å². The maximum absolute atomic E-state index is 11.9. The van der Waals surface area contributed by atoms with Crippen molar-refractivity contribution in [3.05, 3.63) is 0 Å². The van der Waals surface area contributed by atoms with Crippen LogP contribution in [0.2, 0.25) is 0 Å². The molecule has 0 aromatic carbocycles. The second-order valence-electron chi connectivity index (χ2n) is 5.12. The van der Waals surface area contributed by atoms with E-state index in [1.54, 1.807) is 7.05 Å². The lowest BCUT2D eigenvalue weighted by Crippen LogP contribution is -2.35. The second-order valence-corrected chi connectivity index (χ2v) is 7.94. The maximum Gasteiger partial charge on any atom is 0.446 e. The fourth-order valence-electron chi connectivity index (χ4n) is 1.84. The Labute approximate surface area is 133 Å². The molecule has 1 amide bonds. The van der Waals surface area contributed by atoms with E-state index in [4.69, 9.17) is 9.57 Å². The van der Waals surface area contributed by atoms with Gasteiger partial charge in [-0.1, -0.05) is 16.9 Å². The number of aliphatic imine (C=N–C) groups is 1. The molecule has 0 saturated carbocycles. The Balaban J connectivity index is 1.82. The molecule has 0 N–H and O–H groups in total. The number of carbonyl (C=O) groups is 1. The molecule has 0 bridgehead atoms. The number of thioether (sulfide) groups is 1. The van der Waals surface area contributed by atoms with Crippen molar-refractivity contribution in [3.8, 4) is 0 Å². The van der Waals surface area contributed by atoms with Crippen LogP contribution in [0.4, 0.5) is 4.79 Å². The number of nitrogens with zero attached hydrogens (tertiary/aromatic N) is 4. The third kappa shape index (κ3) is 4.87. The van der Waals surface area contributed by atoms with E-state index in [0.29, 0.717) is 18.3 Å². The van der Waals surface area contributed by atoms with Gasteiger partial charge in [-0.25, -0.2) is 13.4 Å². The average molecular weight is 332 g/mol. The minimum absolute atomic E-state index is 0.246. The van der Waals surface area contributed by atoms with Crippen LogP contribution in [0.15, 0.2) is 10.1 Å². The minimum atomic E-state index is -0.503. The van der Waals surface area contributed by atoms with Crippen molar-refractivity contribution in [2.75, 3.05) is 33.4 Å². The van der Waals surface area contributed by atoms with E-state index < -0.39 is 6.09 Å². The standard InChI is InChI=1S/C12H20N4O3S2/c1-9-10(20-12(2,3)13-9)14-19-11(17)15(4)21-16-5-7-18-8-6-16/h5-8H2,1-4H3. The summed E-state index contributed by atoms with van der Waals surface area (Å²) in [5.74, 6) is 0. The highest BCUT2D eigenvalue weighted by Crippen LogP contribution is 2.34. The molecule has 2 aliphatic rings. The van der Waals surface area contributed by atoms with E-state index in [-0.39, 0.29) is 4.87 Å². The summed E-state index contributed by atoms with van der Waals surface area (Å²) in [6.45, 7) is 8.77. The largest absolute Gasteiger partial charge is 0.446 e. The summed E-state index contributed by atoms with van der Waals surface area (Å²) in [4.78, 5) is 21.1. The van der Waals surface area contributed by atoms with Gasteiger partial charge >= 0.3 is 6.09 Å². The van der Waals surface area contributed by atoms with E-state index in [1.165, 1.54) is 28.2 Å². The van der Waals surface area contributed by atoms with Crippen molar-refractivity contribution in [2.45, 2.75) is 25.6 Å². The van der Waals surface area contributed by atoms with Gasteiger partial charge in [0, 0.05) is 32.3 Å². The summed E-state index contributed by atoms with van der Waals surface area (Å²) in [7, 11) is 1.66. The van der Waals surface area contributed by atoms with Gasteiger partial charge in [0.2, 0.25) is 0 Å². The number of hydrogen-bond acceptors (Lipinski definition) is 8. The number of rotatable bonds is 3. The molecule has 0 spiro atoms. The molecule has 118 valence electrons. The van der Waals surface area contributed by atoms with Crippen LogP contribution in [0, 0.1) is 0 Å². The van der Waals surface area contributed by atoms with Crippen molar-refractivity contribution in [2.24, 2.45) is 10.1 Å². The smallest absolute Gasteiger partial charge is 0.379 e. The first-order valence-electron chi connectivity index (χ1n) is 6.67. The third-order valence-corrected chi connectivity index (χ3v) is 4.91. The zero-order valence-electron chi connectivity index (χ0n) is 12.7. The predicted octanol–water partition coefficient (Wildman–Crippen LogP) is 2.21. The van der Waals surface area contributed by atoms with Gasteiger partial charge in [0.1, 0.15) is 4.87 Å². The summed E-state index contributed by atoms with van der Waals surface area (Å²) in [5, 5.41) is 4.57. The van der Waals surface area contributed by atoms with E-state index in [9.17, 15) is 4.79 Å². The first kappa shape index (κ1) is 16.6. The van der Waals surface area contributed by atoms with Crippen LogP contribution in [0.25, 0.3) is 0 Å². The van der Waals surface area contributed by atoms with Crippen molar-refractivity contribution < 1.29 is 14.4 Å². The second kappa shape index (κ2) is 6.99. The van der Waals surface area contributed by atoms with Crippen LogP contribution in [-0.4, -0.2) is 63.7 Å². The van der Waals surface area contributed by atoms with Gasteiger partial charge in [0.05, 0.1) is 18.9 Å². The third-order valence-electron chi connectivity index (χ3n) is 2.76. The molecular formula is C12H20N4O3S2. The van der Waals surface area contributed by atoms with Gasteiger partial charge in [-0.2, -0.15) is 0 Å². The molecule has 2 heterocycles. The lowest BCUT2D eigenvalue weighted by molar-refractivity contribution is 0.0753. The van der Waals surface area contributed by atoms with Gasteiger partial charge in [-0.15, -0.1) is 0 Å². The molecule has 21 heavy (non-hydrogen) atoms. The lowest BCUT2D eigenvalue weighted by Gasteiger charge is -2.27. The predicted molar refractivity (Wildman–Crippen MR) is 86.4 cm³/mol. The Morgan fingerprint density at radius 2 is 2.19 bits per heavy atom. The zero-order valence-corrected chi connectivity index (χ0v) is 14.3. The van der Waals surface area contributed by atoms with Gasteiger partial charge < -0.3 is 4.74 Å². The molecule has 0 radical (unpaired) electrons. The van der Waals surface area contributed by atoms with Gasteiger partial charge in [-0.05, 0) is 20.8 Å². The first-order valence-corrected chi connectivity index (χ1v) is 8.21. The molecule has 0 aromatic heterocycles. The zero-order chi connectivity index (χ0) is 15.5. The minimum Gasteiger partial charge on any atom is -0.379 e. The molecule has 0 unspecified atom stereocenters. The quantitative estimate of drug-likeness (QED) is 0.448. The Morgan fingerprint density at radius 1 is 1.52 bits per heavy atom. The van der Waals surface area contributed by atoms with E-state index in [1.807, 2.05) is 20.8 Å². The monoisotopic (exact) mass is 332 g/mol. The molecule has 2 rings (SSSR count). The highest BCUT2D eigenvalue weighted by molar-refractivity contribution is 8.17. The molecule has 9 heteroatoms.